The van der Waals surface area contributed by atoms with Crippen molar-refractivity contribution in [1.82, 2.24) is 9.88 Å². The highest BCUT2D eigenvalue weighted by molar-refractivity contribution is 7.09. The van der Waals surface area contributed by atoms with Gasteiger partial charge in [-0.05, 0) is 24.9 Å². The van der Waals surface area contributed by atoms with Crippen LogP contribution in [0, 0.1) is 0 Å². The lowest BCUT2D eigenvalue weighted by Crippen LogP contribution is -2.35. The Hall–Kier alpha value is -1.43. The van der Waals surface area contributed by atoms with Crippen molar-refractivity contribution in [3.8, 4) is 0 Å². The van der Waals surface area contributed by atoms with Crippen molar-refractivity contribution < 1.29 is 4.79 Å². The van der Waals surface area contributed by atoms with Crippen LogP contribution in [-0.2, 0) is 6.42 Å². The van der Waals surface area contributed by atoms with Crippen LogP contribution in [0.5, 0.6) is 0 Å². The molecule has 1 aromatic carbocycles. The normalized spacial score (nSPS) is 17.9. The molecule has 1 aromatic heterocycles. The first-order chi connectivity index (χ1) is 11.3. The highest BCUT2D eigenvalue weighted by atomic mass is 35.5. The van der Waals surface area contributed by atoms with Gasteiger partial charge in [0.15, 0.2) is 0 Å². The van der Waals surface area contributed by atoms with Gasteiger partial charge in [-0.3, -0.25) is 4.79 Å². The molecular formula is C18H24ClN3OS. The quantitative estimate of drug-likeness (QED) is 0.895. The third kappa shape index (κ3) is 4.35. The van der Waals surface area contributed by atoms with Gasteiger partial charge in [0.25, 0.3) is 5.91 Å². The SMILES string of the molecule is Cl.NCCc1nc(C(=O)N2CCCCCC2c2ccccc2)cs1. The van der Waals surface area contributed by atoms with Gasteiger partial charge in [0.05, 0.1) is 11.0 Å². The molecule has 3 rings (SSSR count). The molecule has 0 saturated carbocycles. The lowest BCUT2D eigenvalue weighted by molar-refractivity contribution is 0.0675. The van der Waals surface area contributed by atoms with E-state index in [4.69, 9.17) is 5.73 Å². The minimum atomic E-state index is 0. The number of nitrogens with two attached hydrogens (primary N) is 1. The third-order valence-electron chi connectivity index (χ3n) is 4.33. The largest absolute Gasteiger partial charge is 0.330 e. The zero-order valence-corrected chi connectivity index (χ0v) is 15.3. The number of amides is 1. The second kappa shape index (κ2) is 9.16. The molecule has 1 saturated heterocycles. The Morgan fingerprint density at radius 2 is 2.04 bits per heavy atom. The van der Waals surface area contributed by atoms with Crippen LogP contribution in [0.4, 0.5) is 0 Å². The molecule has 1 amide bonds. The number of likely N-dealkylation sites (tertiary alicyclic amines) is 1. The average Bonchev–Trinajstić information content (AvgIpc) is 2.91. The predicted octanol–water partition coefficient (Wildman–Crippen LogP) is 3.82. The van der Waals surface area contributed by atoms with E-state index < -0.39 is 0 Å². The van der Waals surface area contributed by atoms with E-state index in [1.54, 1.807) is 0 Å². The molecule has 24 heavy (non-hydrogen) atoms. The van der Waals surface area contributed by atoms with Gasteiger partial charge in [-0.15, -0.1) is 23.7 Å². The molecule has 0 spiro atoms. The summed E-state index contributed by atoms with van der Waals surface area (Å²) in [7, 11) is 0. The molecule has 6 heteroatoms. The Balaban J connectivity index is 0.00000208. The highest BCUT2D eigenvalue weighted by Gasteiger charge is 2.28. The molecule has 2 N–H and O–H groups in total. The molecule has 4 nitrogen and oxygen atoms in total. The van der Waals surface area contributed by atoms with Crippen LogP contribution in [0.1, 0.15) is 52.8 Å². The minimum absolute atomic E-state index is 0. The van der Waals surface area contributed by atoms with Crippen LogP contribution >= 0.6 is 23.7 Å². The Labute approximate surface area is 153 Å². The van der Waals surface area contributed by atoms with Crippen LogP contribution < -0.4 is 5.73 Å². The van der Waals surface area contributed by atoms with Crippen molar-refractivity contribution in [3.63, 3.8) is 0 Å². The molecule has 2 aromatic rings. The number of halogens is 1. The summed E-state index contributed by atoms with van der Waals surface area (Å²) in [6.07, 6.45) is 5.17. The van der Waals surface area contributed by atoms with Crippen LogP contribution in [0.15, 0.2) is 35.7 Å². The highest BCUT2D eigenvalue weighted by Crippen LogP contribution is 2.31. The Morgan fingerprint density at radius 1 is 1.25 bits per heavy atom. The maximum atomic E-state index is 13.0. The van der Waals surface area contributed by atoms with Gasteiger partial charge in [-0.1, -0.05) is 43.2 Å². The summed E-state index contributed by atoms with van der Waals surface area (Å²) in [5.41, 5.74) is 7.37. The fraction of sp³-hybridized carbons (Fsp3) is 0.444. The van der Waals surface area contributed by atoms with Gasteiger partial charge >= 0.3 is 0 Å². The molecule has 0 radical (unpaired) electrons. The molecule has 1 unspecified atom stereocenters. The first-order valence-electron chi connectivity index (χ1n) is 8.30. The fourth-order valence-electron chi connectivity index (χ4n) is 3.17. The molecule has 1 aliphatic heterocycles. The average molecular weight is 366 g/mol. The lowest BCUT2D eigenvalue weighted by atomic mass is 10.0. The Morgan fingerprint density at radius 3 is 2.79 bits per heavy atom. The molecule has 1 atom stereocenters. The second-order valence-electron chi connectivity index (χ2n) is 5.94. The number of carbonyl (C=O) groups excluding carboxylic acids is 1. The van der Waals surface area contributed by atoms with Crippen molar-refractivity contribution in [1.29, 1.82) is 0 Å². The number of carbonyl (C=O) groups is 1. The molecule has 0 aliphatic carbocycles. The molecule has 2 heterocycles. The summed E-state index contributed by atoms with van der Waals surface area (Å²) in [4.78, 5) is 19.5. The number of hydrogen-bond donors (Lipinski definition) is 1. The van der Waals surface area contributed by atoms with Crippen molar-refractivity contribution in [2.75, 3.05) is 13.1 Å². The van der Waals surface area contributed by atoms with E-state index in [9.17, 15) is 4.79 Å². The smallest absolute Gasteiger partial charge is 0.273 e. The second-order valence-corrected chi connectivity index (χ2v) is 6.88. The summed E-state index contributed by atoms with van der Waals surface area (Å²) < 4.78 is 0. The fourth-order valence-corrected chi connectivity index (χ4v) is 3.96. The van der Waals surface area contributed by atoms with Crippen molar-refractivity contribution in [2.24, 2.45) is 5.73 Å². The Bertz CT molecular complexity index is 647. The molecule has 130 valence electrons. The maximum Gasteiger partial charge on any atom is 0.273 e. The van der Waals surface area contributed by atoms with E-state index in [1.165, 1.54) is 29.7 Å². The summed E-state index contributed by atoms with van der Waals surface area (Å²) >= 11 is 1.53. The molecular weight excluding hydrogens is 342 g/mol. The minimum Gasteiger partial charge on any atom is -0.330 e. The van der Waals surface area contributed by atoms with Gasteiger partial charge in [-0.2, -0.15) is 0 Å². The van der Waals surface area contributed by atoms with E-state index >= 15 is 0 Å². The first kappa shape index (κ1) is 18.9. The van der Waals surface area contributed by atoms with Gasteiger partial charge < -0.3 is 10.6 Å². The van der Waals surface area contributed by atoms with Gasteiger partial charge in [0, 0.05) is 18.3 Å². The summed E-state index contributed by atoms with van der Waals surface area (Å²) in [5.74, 6) is 0.0558. The van der Waals surface area contributed by atoms with Crippen molar-refractivity contribution >= 4 is 29.7 Å². The number of aromatic nitrogens is 1. The van der Waals surface area contributed by atoms with Gasteiger partial charge in [0.1, 0.15) is 5.69 Å². The monoisotopic (exact) mass is 365 g/mol. The van der Waals surface area contributed by atoms with Crippen LogP contribution in [0.2, 0.25) is 0 Å². The van der Waals surface area contributed by atoms with Crippen molar-refractivity contribution in [2.45, 2.75) is 38.1 Å². The summed E-state index contributed by atoms with van der Waals surface area (Å²) in [6.45, 7) is 1.37. The zero-order chi connectivity index (χ0) is 16.1. The third-order valence-corrected chi connectivity index (χ3v) is 5.24. The van der Waals surface area contributed by atoms with Crippen LogP contribution in [0.3, 0.4) is 0 Å². The van der Waals surface area contributed by atoms with E-state index in [0.717, 1.165) is 30.8 Å². The number of nitrogens with zero attached hydrogens (tertiary/aromatic N) is 2. The molecule has 1 fully saturated rings. The van der Waals surface area contributed by atoms with E-state index in [0.29, 0.717) is 12.2 Å². The number of rotatable bonds is 4. The standard InChI is InChI=1S/C18H23N3OS.ClH/c19-11-10-17-20-15(13-23-17)18(22)21-12-6-2-5-9-16(21)14-7-3-1-4-8-14;/h1,3-4,7-8,13,16H,2,5-6,9-12,19H2;1H. The number of thiazole rings is 1. The predicted molar refractivity (Wildman–Crippen MR) is 101 cm³/mol. The lowest BCUT2D eigenvalue weighted by Gasteiger charge is -2.30. The topological polar surface area (TPSA) is 59.2 Å². The van der Waals surface area contributed by atoms with Crippen LogP contribution in [-0.4, -0.2) is 28.9 Å². The van der Waals surface area contributed by atoms with E-state index in [2.05, 4.69) is 17.1 Å². The van der Waals surface area contributed by atoms with Gasteiger partial charge in [0.2, 0.25) is 0 Å². The Kier molecular flexibility index (Phi) is 7.21. The van der Waals surface area contributed by atoms with Crippen molar-refractivity contribution in [3.05, 3.63) is 52.0 Å². The van der Waals surface area contributed by atoms with Gasteiger partial charge in [-0.25, -0.2) is 4.98 Å². The number of benzene rings is 1. The summed E-state index contributed by atoms with van der Waals surface area (Å²) in [6, 6.07) is 10.5. The number of hydrogen-bond acceptors (Lipinski definition) is 4. The zero-order valence-electron chi connectivity index (χ0n) is 13.7. The maximum absolute atomic E-state index is 13.0. The van der Waals surface area contributed by atoms with E-state index in [-0.39, 0.29) is 24.4 Å². The molecule has 0 bridgehead atoms. The first-order valence-corrected chi connectivity index (χ1v) is 9.18. The van der Waals surface area contributed by atoms with Crippen LogP contribution in [0.25, 0.3) is 0 Å². The van der Waals surface area contributed by atoms with E-state index in [1.807, 2.05) is 28.5 Å². The summed E-state index contributed by atoms with van der Waals surface area (Å²) in [5, 5.41) is 2.82. The molecule has 1 aliphatic rings.